The van der Waals surface area contributed by atoms with E-state index in [9.17, 15) is 9.59 Å². The zero-order valence-electron chi connectivity index (χ0n) is 10.1. The summed E-state index contributed by atoms with van der Waals surface area (Å²) in [4.78, 5) is 21.4. The predicted molar refractivity (Wildman–Crippen MR) is 64.6 cm³/mol. The van der Waals surface area contributed by atoms with Gasteiger partial charge in [-0.2, -0.15) is 0 Å². The summed E-state index contributed by atoms with van der Waals surface area (Å²) in [5.74, 6) is -0.471. The average Bonchev–Trinajstić information content (AvgIpc) is 2.66. The molecular formula is C13H15NO4. The monoisotopic (exact) mass is 249 g/mol. The summed E-state index contributed by atoms with van der Waals surface area (Å²) in [5, 5.41) is 11.4. The van der Waals surface area contributed by atoms with Crippen molar-refractivity contribution >= 4 is 11.9 Å². The Kier molecular flexibility index (Phi) is 3.50. The van der Waals surface area contributed by atoms with Gasteiger partial charge >= 0.3 is 5.97 Å². The third kappa shape index (κ3) is 3.00. The van der Waals surface area contributed by atoms with Crippen molar-refractivity contribution in [3.63, 3.8) is 0 Å². The van der Waals surface area contributed by atoms with E-state index in [-0.39, 0.29) is 18.6 Å². The highest BCUT2D eigenvalue weighted by Gasteiger charge is 2.22. The van der Waals surface area contributed by atoms with E-state index in [1.54, 1.807) is 6.07 Å². The Labute approximate surface area is 105 Å². The van der Waals surface area contributed by atoms with E-state index >= 15 is 0 Å². The molecule has 5 heteroatoms. The van der Waals surface area contributed by atoms with E-state index in [4.69, 9.17) is 9.84 Å². The molecule has 0 radical (unpaired) electrons. The zero-order chi connectivity index (χ0) is 13.1. The molecule has 0 saturated heterocycles. The lowest BCUT2D eigenvalue weighted by Crippen LogP contribution is -2.33. The molecule has 1 aromatic carbocycles. The van der Waals surface area contributed by atoms with Crippen LogP contribution in [0.1, 0.15) is 18.1 Å². The topological polar surface area (TPSA) is 75.6 Å². The Morgan fingerprint density at radius 1 is 1.39 bits per heavy atom. The van der Waals surface area contributed by atoms with Gasteiger partial charge in [-0.05, 0) is 36.1 Å². The number of carbonyl (C=O) groups is 2. The summed E-state index contributed by atoms with van der Waals surface area (Å²) in [6.07, 6.45) is 1.58. The van der Waals surface area contributed by atoms with Crippen LogP contribution in [-0.4, -0.2) is 29.6 Å². The Hall–Kier alpha value is -2.04. The van der Waals surface area contributed by atoms with Crippen LogP contribution in [0, 0.1) is 0 Å². The molecule has 0 aromatic heterocycles. The van der Waals surface area contributed by atoms with Crippen molar-refractivity contribution in [1.29, 1.82) is 0 Å². The summed E-state index contributed by atoms with van der Waals surface area (Å²) >= 11 is 0. The van der Waals surface area contributed by atoms with E-state index in [0.29, 0.717) is 5.75 Å². The van der Waals surface area contributed by atoms with Gasteiger partial charge in [0.25, 0.3) is 0 Å². The SMILES string of the molecule is CC(=O)NC1Cc2ccc(OCC(=O)O)cc2C1. The summed E-state index contributed by atoms with van der Waals surface area (Å²) in [6.45, 7) is 1.16. The lowest BCUT2D eigenvalue weighted by atomic mass is 10.1. The summed E-state index contributed by atoms with van der Waals surface area (Å²) in [5.41, 5.74) is 2.29. The number of rotatable bonds is 4. The molecule has 1 aliphatic carbocycles. The van der Waals surface area contributed by atoms with Crippen molar-refractivity contribution in [2.24, 2.45) is 0 Å². The quantitative estimate of drug-likeness (QED) is 0.825. The van der Waals surface area contributed by atoms with Crippen LogP contribution in [-0.2, 0) is 22.4 Å². The highest BCUT2D eigenvalue weighted by Crippen LogP contribution is 2.26. The van der Waals surface area contributed by atoms with Gasteiger partial charge in [0, 0.05) is 13.0 Å². The first-order chi connectivity index (χ1) is 8.54. The molecule has 1 atom stereocenters. The lowest BCUT2D eigenvalue weighted by molar-refractivity contribution is -0.139. The molecule has 5 nitrogen and oxygen atoms in total. The van der Waals surface area contributed by atoms with Gasteiger partial charge < -0.3 is 15.2 Å². The predicted octanol–water partition coefficient (Wildman–Crippen LogP) is 0.753. The molecule has 1 aromatic rings. The molecule has 96 valence electrons. The largest absolute Gasteiger partial charge is 0.482 e. The Morgan fingerprint density at radius 2 is 2.11 bits per heavy atom. The minimum Gasteiger partial charge on any atom is -0.482 e. The maximum atomic E-state index is 11.0. The third-order valence-electron chi connectivity index (χ3n) is 2.88. The Morgan fingerprint density at radius 3 is 2.78 bits per heavy atom. The first-order valence-electron chi connectivity index (χ1n) is 5.78. The van der Waals surface area contributed by atoms with Crippen molar-refractivity contribution in [1.82, 2.24) is 5.32 Å². The maximum absolute atomic E-state index is 11.0. The molecule has 1 aliphatic rings. The van der Waals surface area contributed by atoms with Crippen LogP contribution >= 0.6 is 0 Å². The number of fused-ring (bicyclic) bond motifs is 1. The number of carbonyl (C=O) groups excluding carboxylic acids is 1. The van der Waals surface area contributed by atoms with Crippen LogP contribution in [0.25, 0.3) is 0 Å². The average molecular weight is 249 g/mol. The van der Waals surface area contributed by atoms with Gasteiger partial charge in [-0.1, -0.05) is 6.07 Å². The summed E-state index contributed by atoms with van der Waals surface area (Å²) < 4.78 is 5.12. The molecule has 0 fully saturated rings. The molecule has 2 N–H and O–H groups in total. The molecule has 18 heavy (non-hydrogen) atoms. The van der Waals surface area contributed by atoms with E-state index in [1.165, 1.54) is 12.5 Å². The van der Waals surface area contributed by atoms with Crippen LogP contribution < -0.4 is 10.1 Å². The minimum absolute atomic E-state index is 0.0323. The molecule has 0 heterocycles. The first kappa shape index (κ1) is 12.4. The van der Waals surface area contributed by atoms with Crippen LogP contribution in [0.3, 0.4) is 0 Å². The number of amides is 1. The molecule has 1 amide bonds. The second kappa shape index (κ2) is 5.08. The van der Waals surface area contributed by atoms with E-state index in [2.05, 4.69) is 5.32 Å². The smallest absolute Gasteiger partial charge is 0.341 e. The van der Waals surface area contributed by atoms with Gasteiger partial charge in [-0.25, -0.2) is 4.79 Å². The zero-order valence-corrected chi connectivity index (χ0v) is 10.1. The van der Waals surface area contributed by atoms with Gasteiger partial charge in [-0.15, -0.1) is 0 Å². The minimum atomic E-state index is -0.994. The van der Waals surface area contributed by atoms with Crippen molar-refractivity contribution in [3.8, 4) is 5.75 Å². The van der Waals surface area contributed by atoms with Crippen LogP contribution in [0.5, 0.6) is 5.75 Å². The van der Waals surface area contributed by atoms with Gasteiger partial charge in [0.15, 0.2) is 6.61 Å². The van der Waals surface area contributed by atoms with Crippen LogP contribution in [0.15, 0.2) is 18.2 Å². The first-order valence-corrected chi connectivity index (χ1v) is 5.78. The Bertz CT molecular complexity index is 484. The van der Waals surface area contributed by atoms with Crippen LogP contribution in [0.4, 0.5) is 0 Å². The van der Waals surface area contributed by atoms with Crippen molar-refractivity contribution in [2.45, 2.75) is 25.8 Å². The fourth-order valence-electron chi connectivity index (χ4n) is 2.22. The van der Waals surface area contributed by atoms with E-state index in [0.717, 1.165) is 18.4 Å². The maximum Gasteiger partial charge on any atom is 0.341 e. The number of carboxylic acid groups (broad SMARTS) is 1. The molecule has 0 saturated carbocycles. The number of benzene rings is 1. The fourth-order valence-corrected chi connectivity index (χ4v) is 2.22. The fraction of sp³-hybridized carbons (Fsp3) is 0.385. The second-order valence-electron chi connectivity index (χ2n) is 4.42. The van der Waals surface area contributed by atoms with E-state index in [1.807, 2.05) is 12.1 Å². The number of hydrogen-bond donors (Lipinski definition) is 2. The normalized spacial score (nSPS) is 17.1. The Balaban J connectivity index is 2.02. The number of nitrogens with one attached hydrogen (secondary N) is 1. The van der Waals surface area contributed by atoms with Gasteiger partial charge in [-0.3, -0.25) is 4.79 Å². The summed E-state index contributed by atoms with van der Waals surface area (Å²) in [6, 6.07) is 5.67. The van der Waals surface area contributed by atoms with E-state index < -0.39 is 5.97 Å². The number of hydrogen-bond acceptors (Lipinski definition) is 3. The standard InChI is InChI=1S/C13H15NO4/c1-8(15)14-11-4-9-2-3-12(6-10(9)5-11)18-7-13(16)17/h2-3,6,11H,4-5,7H2,1H3,(H,14,15)(H,16,17). The van der Waals surface area contributed by atoms with Gasteiger partial charge in [0.1, 0.15) is 5.75 Å². The van der Waals surface area contributed by atoms with Gasteiger partial charge in [0.05, 0.1) is 0 Å². The van der Waals surface area contributed by atoms with Crippen molar-refractivity contribution < 1.29 is 19.4 Å². The third-order valence-corrected chi connectivity index (χ3v) is 2.88. The van der Waals surface area contributed by atoms with Crippen molar-refractivity contribution in [2.75, 3.05) is 6.61 Å². The van der Waals surface area contributed by atoms with Gasteiger partial charge in [0.2, 0.25) is 5.91 Å². The summed E-state index contributed by atoms with van der Waals surface area (Å²) in [7, 11) is 0. The number of carboxylic acids is 1. The highest BCUT2D eigenvalue weighted by atomic mass is 16.5. The molecule has 1 unspecified atom stereocenters. The molecule has 2 rings (SSSR count). The second-order valence-corrected chi connectivity index (χ2v) is 4.42. The molecule has 0 spiro atoms. The highest BCUT2D eigenvalue weighted by molar-refractivity contribution is 5.73. The lowest BCUT2D eigenvalue weighted by Gasteiger charge is -2.08. The number of ether oxygens (including phenoxy) is 1. The molecule has 0 bridgehead atoms. The van der Waals surface area contributed by atoms with Crippen molar-refractivity contribution in [3.05, 3.63) is 29.3 Å². The van der Waals surface area contributed by atoms with Crippen LogP contribution in [0.2, 0.25) is 0 Å². The molecule has 0 aliphatic heterocycles. The molecular weight excluding hydrogens is 234 g/mol. The number of aliphatic carboxylic acids is 1.